The molecule has 1 aliphatic carbocycles. The monoisotopic (exact) mass is 193 g/mol. The summed E-state index contributed by atoms with van der Waals surface area (Å²) in [7, 11) is 0. The highest BCUT2D eigenvalue weighted by atomic mass is 19.1. The fourth-order valence-corrected chi connectivity index (χ4v) is 1.98. The van der Waals surface area contributed by atoms with Gasteiger partial charge in [-0.05, 0) is 55.3 Å². The van der Waals surface area contributed by atoms with Crippen LogP contribution in [0.2, 0.25) is 0 Å². The molecule has 1 saturated carbocycles. The van der Waals surface area contributed by atoms with Crippen molar-refractivity contribution in [2.75, 3.05) is 6.54 Å². The highest BCUT2D eigenvalue weighted by Crippen LogP contribution is 2.37. The molecule has 2 N–H and O–H groups in total. The zero-order chi connectivity index (χ0) is 9.97. The summed E-state index contributed by atoms with van der Waals surface area (Å²) >= 11 is 0. The van der Waals surface area contributed by atoms with Crippen LogP contribution < -0.4 is 5.73 Å². The first kappa shape index (κ1) is 9.66. The molecule has 1 nitrogen and oxygen atoms in total. The van der Waals surface area contributed by atoms with Crippen LogP contribution in [0.4, 0.5) is 4.39 Å². The van der Waals surface area contributed by atoms with Crippen LogP contribution in [0.5, 0.6) is 0 Å². The minimum Gasteiger partial charge on any atom is -0.330 e. The van der Waals surface area contributed by atoms with Gasteiger partial charge in [-0.25, -0.2) is 4.39 Å². The first-order valence-corrected chi connectivity index (χ1v) is 5.24. The summed E-state index contributed by atoms with van der Waals surface area (Å²) in [6.45, 7) is 0.723. The maximum atomic E-state index is 12.9. The standard InChI is InChI=1S/C12H16FN/c13-12-3-1-2-9(7-12)6-11(8-14)10-4-5-10/h1-3,7,10-11H,4-6,8,14H2. The van der Waals surface area contributed by atoms with Gasteiger partial charge in [-0.2, -0.15) is 0 Å². The third-order valence-electron chi connectivity index (χ3n) is 2.98. The second-order valence-corrected chi connectivity index (χ2v) is 4.17. The summed E-state index contributed by atoms with van der Waals surface area (Å²) in [6.07, 6.45) is 3.54. The molecule has 2 rings (SSSR count). The minimum atomic E-state index is -0.144. The lowest BCUT2D eigenvalue weighted by Gasteiger charge is -2.13. The zero-order valence-electron chi connectivity index (χ0n) is 8.25. The van der Waals surface area contributed by atoms with Gasteiger partial charge in [-0.3, -0.25) is 0 Å². The van der Waals surface area contributed by atoms with E-state index in [1.165, 1.54) is 18.9 Å². The van der Waals surface area contributed by atoms with Crippen molar-refractivity contribution < 1.29 is 4.39 Å². The number of hydrogen-bond donors (Lipinski definition) is 1. The first-order valence-electron chi connectivity index (χ1n) is 5.24. The average Bonchev–Trinajstić information content (AvgIpc) is 2.97. The van der Waals surface area contributed by atoms with Crippen LogP contribution in [0, 0.1) is 17.7 Å². The van der Waals surface area contributed by atoms with E-state index in [0.29, 0.717) is 5.92 Å². The number of benzene rings is 1. The summed E-state index contributed by atoms with van der Waals surface area (Å²) in [5.74, 6) is 1.20. The Morgan fingerprint density at radius 2 is 2.21 bits per heavy atom. The van der Waals surface area contributed by atoms with E-state index in [2.05, 4.69) is 0 Å². The normalized spacial score (nSPS) is 18.1. The molecule has 1 unspecified atom stereocenters. The van der Waals surface area contributed by atoms with Crippen LogP contribution in [0.15, 0.2) is 24.3 Å². The Kier molecular flexibility index (Phi) is 2.82. The van der Waals surface area contributed by atoms with Gasteiger partial charge in [0.05, 0.1) is 0 Å². The van der Waals surface area contributed by atoms with E-state index in [9.17, 15) is 4.39 Å². The number of halogens is 1. The molecule has 0 amide bonds. The van der Waals surface area contributed by atoms with E-state index in [-0.39, 0.29) is 5.82 Å². The summed E-state index contributed by atoms with van der Waals surface area (Å²) in [4.78, 5) is 0. The van der Waals surface area contributed by atoms with Gasteiger partial charge in [-0.15, -0.1) is 0 Å². The zero-order valence-corrected chi connectivity index (χ0v) is 8.25. The predicted molar refractivity (Wildman–Crippen MR) is 55.4 cm³/mol. The van der Waals surface area contributed by atoms with Gasteiger partial charge >= 0.3 is 0 Å². The van der Waals surface area contributed by atoms with Crippen molar-refractivity contribution >= 4 is 0 Å². The summed E-state index contributed by atoms with van der Waals surface area (Å²) in [5, 5.41) is 0. The molecule has 0 spiro atoms. The number of hydrogen-bond acceptors (Lipinski definition) is 1. The van der Waals surface area contributed by atoms with Crippen molar-refractivity contribution in [3.8, 4) is 0 Å². The topological polar surface area (TPSA) is 26.0 Å². The molecule has 1 fully saturated rings. The second kappa shape index (κ2) is 4.09. The van der Waals surface area contributed by atoms with Crippen molar-refractivity contribution in [1.82, 2.24) is 0 Å². The number of rotatable bonds is 4. The smallest absolute Gasteiger partial charge is 0.123 e. The molecule has 14 heavy (non-hydrogen) atoms. The molecule has 1 aromatic rings. The molecule has 1 aromatic carbocycles. The Bertz CT molecular complexity index is 307. The van der Waals surface area contributed by atoms with Gasteiger partial charge in [0.1, 0.15) is 5.82 Å². The summed E-state index contributed by atoms with van der Waals surface area (Å²) in [6, 6.07) is 6.85. The van der Waals surface area contributed by atoms with Gasteiger partial charge in [-0.1, -0.05) is 12.1 Å². The Labute approximate surface area is 84.1 Å². The highest BCUT2D eigenvalue weighted by Gasteiger charge is 2.29. The van der Waals surface area contributed by atoms with Crippen molar-refractivity contribution in [3.63, 3.8) is 0 Å². The van der Waals surface area contributed by atoms with Crippen molar-refractivity contribution in [1.29, 1.82) is 0 Å². The molecule has 1 aliphatic rings. The van der Waals surface area contributed by atoms with Crippen molar-refractivity contribution in [2.45, 2.75) is 19.3 Å². The van der Waals surface area contributed by atoms with Crippen LogP contribution in [-0.2, 0) is 6.42 Å². The van der Waals surface area contributed by atoms with Gasteiger partial charge in [0.2, 0.25) is 0 Å². The van der Waals surface area contributed by atoms with Gasteiger partial charge in [0.25, 0.3) is 0 Å². The maximum absolute atomic E-state index is 12.9. The molecule has 76 valence electrons. The third kappa shape index (κ3) is 2.32. The summed E-state index contributed by atoms with van der Waals surface area (Å²) < 4.78 is 12.9. The SMILES string of the molecule is NCC(Cc1cccc(F)c1)C1CC1. The molecule has 0 heterocycles. The Hall–Kier alpha value is -0.890. The Morgan fingerprint density at radius 3 is 2.79 bits per heavy atom. The predicted octanol–water partition coefficient (Wildman–Crippen LogP) is 2.35. The lowest BCUT2D eigenvalue weighted by atomic mass is 9.95. The van der Waals surface area contributed by atoms with E-state index < -0.39 is 0 Å². The fraction of sp³-hybridized carbons (Fsp3) is 0.500. The maximum Gasteiger partial charge on any atom is 0.123 e. The molecule has 0 saturated heterocycles. The average molecular weight is 193 g/mol. The van der Waals surface area contributed by atoms with Crippen molar-refractivity contribution in [3.05, 3.63) is 35.6 Å². The summed E-state index contributed by atoms with van der Waals surface area (Å²) in [5.41, 5.74) is 6.78. The van der Waals surface area contributed by atoms with E-state index in [0.717, 1.165) is 24.4 Å². The van der Waals surface area contributed by atoms with Gasteiger partial charge < -0.3 is 5.73 Å². The Balaban J connectivity index is 2.01. The molecule has 0 aromatic heterocycles. The lowest BCUT2D eigenvalue weighted by Crippen LogP contribution is -2.18. The molecule has 1 atom stereocenters. The largest absolute Gasteiger partial charge is 0.330 e. The van der Waals surface area contributed by atoms with E-state index in [1.54, 1.807) is 12.1 Å². The minimum absolute atomic E-state index is 0.144. The van der Waals surface area contributed by atoms with Crippen molar-refractivity contribution in [2.24, 2.45) is 17.6 Å². The highest BCUT2D eigenvalue weighted by molar-refractivity contribution is 5.17. The van der Waals surface area contributed by atoms with Crippen LogP contribution >= 0.6 is 0 Å². The molecule has 2 heteroatoms. The van der Waals surface area contributed by atoms with Crippen LogP contribution in [0.3, 0.4) is 0 Å². The van der Waals surface area contributed by atoms with Crippen LogP contribution in [0.25, 0.3) is 0 Å². The van der Waals surface area contributed by atoms with Crippen LogP contribution in [0.1, 0.15) is 18.4 Å². The van der Waals surface area contributed by atoms with E-state index >= 15 is 0 Å². The number of nitrogens with two attached hydrogens (primary N) is 1. The Morgan fingerprint density at radius 1 is 1.43 bits per heavy atom. The molecule has 0 bridgehead atoms. The molecular weight excluding hydrogens is 177 g/mol. The lowest BCUT2D eigenvalue weighted by molar-refractivity contribution is 0.470. The quantitative estimate of drug-likeness (QED) is 0.780. The van der Waals surface area contributed by atoms with E-state index in [1.807, 2.05) is 6.07 Å². The third-order valence-corrected chi connectivity index (χ3v) is 2.98. The molecule has 0 radical (unpaired) electrons. The molecule has 0 aliphatic heterocycles. The van der Waals surface area contributed by atoms with Gasteiger partial charge in [0.15, 0.2) is 0 Å². The fourth-order valence-electron chi connectivity index (χ4n) is 1.98. The van der Waals surface area contributed by atoms with Gasteiger partial charge in [0, 0.05) is 0 Å². The molecular formula is C12H16FN. The van der Waals surface area contributed by atoms with Crippen LogP contribution in [-0.4, -0.2) is 6.54 Å². The first-order chi connectivity index (χ1) is 6.79. The van der Waals surface area contributed by atoms with E-state index in [4.69, 9.17) is 5.73 Å². The second-order valence-electron chi connectivity index (χ2n) is 4.17.